The Balaban J connectivity index is 2.33. The van der Waals surface area contributed by atoms with Crippen LogP contribution in [0.25, 0.3) is 0 Å². The van der Waals surface area contributed by atoms with Crippen LogP contribution >= 0.6 is 0 Å². The lowest BCUT2D eigenvalue weighted by molar-refractivity contribution is 0.761. The van der Waals surface area contributed by atoms with E-state index in [1.807, 2.05) is 86.5 Å². The Morgan fingerprint density at radius 1 is 0.625 bits per heavy atom. The molecule has 2 rings (SSSR count). The first kappa shape index (κ1) is 17.4. The van der Waals surface area contributed by atoms with Crippen molar-refractivity contribution < 1.29 is 0 Å². The van der Waals surface area contributed by atoms with Crippen molar-refractivity contribution in [1.82, 2.24) is 0 Å². The quantitative estimate of drug-likeness (QED) is 0.843. The molecule has 0 saturated heterocycles. The molecule has 0 bridgehead atoms. The largest absolute Gasteiger partial charge is 0.378 e. The standard InChI is InChI=1S/C20H22N4/c1-23(2)17-9-5-15(6-10-17)19(13-21)20(14-22)16-7-11-18(12-8-16)24(3)4/h5-12,19-20H,1-4H3. The maximum Gasteiger partial charge on any atom is 0.0912 e. The van der Waals surface area contributed by atoms with Gasteiger partial charge in [-0.15, -0.1) is 0 Å². The van der Waals surface area contributed by atoms with Crippen LogP contribution in [0.1, 0.15) is 23.0 Å². The summed E-state index contributed by atoms with van der Waals surface area (Å²) in [4.78, 5) is 4.01. The summed E-state index contributed by atoms with van der Waals surface area (Å²) in [6.45, 7) is 0. The van der Waals surface area contributed by atoms with Crippen molar-refractivity contribution in [2.75, 3.05) is 38.0 Å². The molecule has 0 fully saturated rings. The highest BCUT2D eigenvalue weighted by molar-refractivity contribution is 5.50. The smallest absolute Gasteiger partial charge is 0.0912 e. The molecule has 0 aliphatic rings. The monoisotopic (exact) mass is 318 g/mol. The average Bonchev–Trinajstić information content (AvgIpc) is 2.59. The van der Waals surface area contributed by atoms with Gasteiger partial charge in [0.2, 0.25) is 0 Å². The summed E-state index contributed by atoms with van der Waals surface area (Å²) in [5, 5.41) is 19.3. The van der Waals surface area contributed by atoms with E-state index < -0.39 is 11.8 Å². The van der Waals surface area contributed by atoms with Crippen LogP contribution in [0, 0.1) is 22.7 Å². The third-order valence-electron chi connectivity index (χ3n) is 4.15. The number of rotatable bonds is 5. The minimum absolute atomic E-state index is 0.489. The maximum atomic E-state index is 9.64. The second-order valence-electron chi connectivity index (χ2n) is 6.19. The van der Waals surface area contributed by atoms with Gasteiger partial charge in [0.25, 0.3) is 0 Å². The zero-order chi connectivity index (χ0) is 17.7. The lowest BCUT2D eigenvalue weighted by Crippen LogP contribution is -2.11. The molecule has 0 heterocycles. The molecule has 0 N–H and O–H groups in total. The van der Waals surface area contributed by atoms with Gasteiger partial charge in [-0.2, -0.15) is 10.5 Å². The topological polar surface area (TPSA) is 54.1 Å². The van der Waals surface area contributed by atoms with E-state index in [1.165, 1.54) is 0 Å². The van der Waals surface area contributed by atoms with Crippen molar-refractivity contribution in [1.29, 1.82) is 10.5 Å². The number of anilines is 2. The fourth-order valence-electron chi connectivity index (χ4n) is 2.64. The number of nitrogens with zero attached hydrogens (tertiary/aromatic N) is 4. The summed E-state index contributed by atoms with van der Waals surface area (Å²) in [5.74, 6) is -0.979. The summed E-state index contributed by atoms with van der Waals surface area (Å²) < 4.78 is 0. The SMILES string of the molecule is CN(C)c1ccc(C(C#N)C(C#N)c2ccc(N(C)C)cc2)cc1. The highest BCUT2D eigenvalue weighted by atomic mass is 15.1. The average molecular weight is 318 g/mol. The lowest BCUT2D eigenvalue weighted by Gasteiger charge is -2.19. The van der Waals surface area contributed by atoms with Gasteiger partial charge in [-0.05, 0) is 35.4 Å². The van der Waals surface area contributed by atoms with Crippen LogP contribution in [0.2, 0.25) is 0 Å². The van der Waals surface area contributed by atoms with Crippen molar-refractivity contribution >= 4 is 11.4 Å². The van der Waals surface area contributed by atoms with Crippen LogP contribution in [-0.2, 0) is 0 Å². The van der Waals surface area contributed by atoms with Gasteiger partial charge in [0.15, 0.2) is 0 Å². The second kappa shape index (κ2) is 7.53. The van der Waals surface area contributed by atoms with E-state index in [9.17, 15) is 10.5 Å². The van der Waals surface area contributed by atoms with E-state index in [4.69, 9.17) is 0 Å². The fraction of sp³-hybridized carbons (Fsp3) is 0.300. The molecule has 122 valence electrons. The van der Waals surface area contributed by atoms with Crippen LogP contribution in [0.3, 0.4) is 0 Å². The van der Waals surface area contributed by atoms with E-state index in [1.54, 1.807) is 0 Å². The summed E-state index contributed by atoms with van der Waals surface area (Å²) in [7, 11) is 7.89. The molecule has 0 aromatic heterocycles. The predicted octanol–water partition coefficient (Wildman–Crippen LogP) is 3.73. The molecule has 2 aromatic rings. The van der Waals surface area contributed by atoms with Crippen molar-refractivity contribution in [2.24, 2.45) is 0 Å². The Kier molecular flexibility index (Phi) is 5.45. The Morgan fingerprint density at radius 3 is 1.12 bits per heavy atom. The van der Waals surface area contributed by atoms with Gasteiger partial charge in [-0.3, -0.25) is 0 Å². The van der Waals surface area contributed by atoms with E-state index >= 15 is 0 Å². The molecule has 24 heavy (non-hydrogen) atoms. The zero-order valence-electron chi connectivity index (χ0n) is 14.6. The predicted molar refractivity (Wildman–Crippen MR) is 98.2 cm³/mol. The number of hydrogen-bond acceptors (Lipinski definition) is 4. The van der Waals surface area contributed by atoms with Crippen LogP contribution in [0.5, 0.6) is 0 Å². The molecule has 0 aliphatic heterocycles. The van der Waals surface area contributed by atoms with Crippen molar-refractivity contribution in [2.45, 2.75) is 11.8 Å². The first-order valence-electron chi connectivity index (χ1n) is 7.81. The van der Waals surface area contributed by atoms with Crippen molar-refractivity contribution in [3.63, 3.8) is 0 Å². The van der Waals surface area contributed by atoms with E-state index in [-0.39, 0.29) is 0 Å². The fourth-order valence-corrected chi connectivity index (χ4v) is 2.64. The third kappa shape index (κ3) is 3.67. The van der Waals surface area contributed by atoms with Crippen LogP contribution in [0.15, 0.2) is 48.5 Å². The Bertz CT molecular complexity index is 679. The first-order chi connectivity index (χ1) is 11.5. The van der Waals surface area contributed by atoms with Gasteiger partial charge in [-0.1, -0.05) is 24.3 Å². The Labute approximate surface area is 144 Å². The summed E-state index contributed by atoms with van der Waals surface area (Å²) in [6, 6.07) is 20.2. The number of hydrogen-bond donors (Lipinski definition) is 0. The molecule has 0 spiro atoms. The van der Waals surface area contributed by atoms with Gasteiger partial charge in [0.1, 0.15) is 0 Å². The number of benzene rings is 2. The third-order valence-corrected chi connectivity index (χ3v) is 4.15. The molecule has 4 nitrogen and oxygen atoms in total. The van der Waals surface area contributed by atoms with Gasteiger partial charge in [0.05, 0.1) is 24.0 Å². The van der Waals surface area contributed by atoms with E-state index in [0.29, 0.717) is 0 Å². The maximum absolute atomic E-state index is 9.64. The molecule has 0 aliphatic carbocycles. The normalized spacial score (nSPS) is 12.6. The van der Waals surface area contributed by atoms with Gasteiger partial charge in [0, 0.05) is 39.6 Å². The molecular formula is C20H22N4. The molecule has 2 atom stereocenters. The molecule has 2 aromatic carbocycles. The summed E-state index contributed by atoms with van der Waals surface area (Å²) in [5.41, 5.74) is 3.87. The molecule has 0 saturated carbocycles. The Morgan fingerprint density at radius 2 is 0.917 bits per heavy atom. The minimum atomic E-state index is -0.489. The zero-order valence-corrected chi connectivity index (χ0v) is 14.6. The highest BCUT2D eigenvalue weighted by Gasteiger charge is 2.25. The van der Waals surface area contributed by atoms with Crippen LogP contribution in [-0.4, -0.2) is 28.2 Å². The summed E-state index contributed by atoms with van der Waals surface area (Å²) >= 11 is 0. The number of nitriles is 2. The molecule has 0 radical (unpaired) electrons. The van der Waals surface area contributed by atoms with Crippen molar-refractivity contribution in [3.05, 3.63) is 59.7 Å². The molecule has 2 unspecified atom stereocenters. The van der Waals surface area contributed by atoms with Crippen LogP contribution in [0.4, 0.5) is 11.4 Å². The van der Waals surface area contributed by atoms with Gasteiger partial charge < -0.3 is 9.80 Å². The van der Waals surface area contributed by atoms with Crippen molar-refractivity contribution in [3.8, 4) is 12.1 Å². The molecular weight excluding hydrogens is 296 g/mol. The second-order valence-corrected chi connectivity index (χ2v) is 6.19. The summed E-state index contributed by atoms with van der Waals surface area (Å²) in [6.07, 6.45) is 0. The molecule has 0 amide bonds. The van der Waals surface area contributed by atoms with Crippen LogP contribution < -0.4 is 9.80 Å². The van der Waals surface area contributed by atoms with Gasteiger partial charge in [-0.25, -0.2) is 0 Å². The van der Waals surface area contributed by atoms with Gasteiger partial charge >= 0.3 is 0 Å². The molecule has 4 heteroatoms. The first-order valence-corrected chi connectivity index (χ1v) is 7.81. The van der Waals surface area contributed by atoms with E-state index in [2.05, 4.69) is 12.1 Å². The highest BCUT2D eigenvalue weighted by Crippen LogP contribution is 2.33. The lowest BCUT2D eigenvalue weighted by atomic mass is 9.83. The van der Waals surface area contributed by atoms with E-state index in [0.717, 1.165) is 22.5 Å². The minimum Gasteiger partial charge on any atom is -0.378 e. The Hall–Kier alpha value is -2.98.